The van der Waals surface area contributed by atoms with E-state index in [4.69, 9.17) is 11.6 Å². The lowest BCUT2D eigenvalue weighted by Crippen LogP contribution is -2.53. The number of aryl methyl sites for hydroxylation is 2. The number of hydrogen-bond donors (Lipinski definition) is 1. The monoisotopic (exact) mass is 562 g/mol. The normalized spacial score (nSPS) is 14.5. The molecule has 4 rings (SSSR count). The van der Waals surface area contributed by atoms with Crippen LogP contribution in [0.1, 0.15) is 59.9 Å². The topological polar surface area (TPSA) is 49.4 Å². The van der Waals surface area contributed by atoms with E-state index < -0.39 is 6.04 Å². The van der Waals surface area contributed by atoms with Crippen molar-refractivity contribution < 1.29 is 9.59 Å². The Balaban J connectivity index is 1.57. The van der Waals surface area contributed by atoms with E-state index in [1.807, 2.05) is 54.6 Å². The zero-order valence-electron chi connectivity index (χ0n) is 23.0. The van der Waals surface area contributed by atoms with Crippen LogP contribution in [-0.4, -0.2) is 34.6 Å². The van der Waals surface area contributed by atoms with Crippen molar-refractivity contribution in [3.8, 4) is 0 Å². The second-order valence-corrected chi connectivity index (χ2v) is 12.1. The molecule has 0 aliphatic heterocycles. The molecular formula is C33H39ClN2O2S. The quantitative estimate of drug-likeness (QED) is 0.267. The van der Waals surface area contributed by atoms with E-state index in [0.29, 0.717) is 23.7 Å². The summed E-state index contributed by atoms with van der Waals surface area (Å²) in [6.07, 6.45) is 5.95. The van der Waals surface area contributed by atoms with E-state index in [1.54, 1.807) is 16.7 Å². The Hall–Kier alpha value is -2.76. The molecule has 1 atom stereocenters. The minimum absolute atomic E-state index is 0.0379. The van der Waals surface area contributed by atoms with Gasteiger partial charge in [0.2, 0.25) is 11.8 Å². The predicted octanol–water partition coefficient (Wildman–Crippen LogP) is 7.28. The van der Waals surface area contributed by atoms with Crippen molar-refractivity contribution >= 4 is 35.2 Å². The molecule has 0 unspecified atom stereocenters. The Kier molecular flexibility index (Phi) is 10.9. The van der Waals surface area contributed by atoms with Crippen molar-refractivity contribution in [1.29, 1.82) is 0 Å². The lowest BCUT2D eigenvalue weighted by atomic mass is 9.94. The maximum atomic E-state index is 13.9. The van der Waals surface area contributed by atoms with Crippen LogP contribution < -0.4 is 5.32 Å². The standard InChI is InChI=1S/C33H39ClN2O2S/c1-24-16-25(2)18-28(17-24)22-39-23-32(37)36(21-27-12-9-13-29(34)19-27)31(20-26-10-5-3-6-11-26)33(38)35-30-14-7-4-8-15-30/h3,5-6,9-13,16-19,30-31H,4,7-8,14-15,20-23H2,1-2H3,(H,35,38)/t31-/m0/s1. The predicted molar refractivity (Wildman–Crippen MR) is 163 cm³/mol. The van der Waals surface area contributed by atoms with E-state index in [9.17, 15) is 9.59 Å². The molecule has 0 radical (unpaired) electrons. The van der Waals surface area contributed by atoms with Crippen molar-refractivity contribution in [1.82, 2.24) is 10.2 Å². The summed E-state index contributed by atoms with van der Waals surface area (Å²) in [5.74, 6) is 0.941. The fourth-order valence-electron chi connectivity index (χ4n) is 5.42. The van der Waals surface area contributed by atoms with E-state index in [0.717, 1.165) is 42.6 Å². The first kappa shape index (κ1) is 29.2. The van der Waals surface area contributed by atoms with Crippen molar-refractivity contribution in [3.63, 3.8) is 0 Å². The van der Waals surface area contributed by atoms with E-state index in [-0.39, 0.29) is 17.9 Å². The fraction of sp³-hybridized carbons (Fsp3) is 0.394. The van der Waals surface area contributed by atoms with Crippen LogP contribution in [0.15, 0.2) is 72.8 Å². The number of halogens is 1. The molecule has 0 aromatic heterocycles. The van der Waals surface area contributed by atoms with Crippen LogP contribution in [0.25, 0.3) is 0 Å². The summed E-state index contributed by atoms with van der Waals surface area (Å²) in [6, 6.07) is 23.6. The van der Waals surface area contributed by atoms with Crippen LogP contribution in [0.2, 0.25) is 5.02 Å². The number of hydrogen-bond acceptors (Lipinski definition) is 3. The zero-order valence-corrected chi connectivity index (χ0v) is 24.6. The lowest BCUT2D eigenvalue weighted by molar-refractivity contribution is -0.139. The minimum Gasteiger partial charge on any atom is -0.352 e. The van der Waals surface area contributed by atoms with Crippen molar-refractivity contribution in [2.24, 2.45) is 0 Å². The Morgan fingerprint density at radius 3 is 2.28 bits per heavy atom. The van der Waals surface area contributed by atoms with E-state index >= 15 is 0 Å². The summed E-state index contributed by atoms with van der Waals surface area (Å²) in [5, 5.41) is 3.92. The number of carbonyl (C=O) groups is 2. The Morgan fingerprint density at radius 2 is 1.59 bits per heavy atom. The molecule has 1 saturated carbocycles. The highest BCUT2D eigenvalue weighted by Gasteiger charge is 2.31. The van der Waals surface area contributed by atoms with Crippen LogP contribution >= 0.6 is 23.4 Å². The first-order valence-corrected chi connectivity index (χ1v) is 15.4. The Labute approximate surface area is 242 Å². The first-order valence-electron chi connectivity index (χ1n) is 13.9. The molecule has 2 amide bonds. The third-order valence-electron chi connectivity index (χ3n) is 7.24. The van der Waals surface area contributed by atoms with Gasteiger partial charge in [-0.1, -0.05) is 103 Å². The van der Waals surface area contributed by atoms with Crippen LogP contribution in [0.4, 0.5) is 0 Å². The number of carbonyl (C=O) groups excluding carboxylic acids is 2. The molecule has 1 fully saturated rings. The molecule has 6 heteroatoms. The smallest absolute Gasteiger partial charge is 0.243 e. The van der Waals surface area contributed by atoms with Gasteiger partial charge in [-0.15, -0.1) is 11.8 Å². The number of benzene rings is 3. The highest BCUT2D eigenvalue weighted by atomic mass is 35.5. The second kappa shape index (κ2) is 14.6. The number of nitrogens with one attached hydrogen (secondary N) is 1. The van der Waals surface area contributed by atoms with Gasteiger partial charge in [-0.05, 0) is 55.5 Å². The Bertz CT molecular complexity index is 1220. The van der Waals surface area contributed by atoms with Crippen molar-refractivity contribution in [3.05, 3.63) is 106 Å². The van der Waals surface area contributed by atoms with Crippen molar-refractivity contribution in [2.45, 2.75) is 76.8 Å². The summed E-state index contributed by atoms with van der Waals surface area (Å²) in [6.45, 7) is 4.52. The van der Waals surface area contributed by atoms with Gasteiger partial charge in [-0.25, -0.2) is 0 Å². The Morgan fingerprint density at radius 1 is 0.897 bits per heavy atom. The summed E-state index contributed by atoms with van der Waals surface area (Å²) in [7, 11) is 0. The molecule has 39 heavy (non-hydrogen) atoms. The molecule has 0 heterocycles. The van der Waals surface area contributed by atoms with Gasteiger partial charge in [0.25, 0.3) is 0 Å². The average molecular weight is 563 g/mol. The summed E-state index contributed by atoms with van der Waals surface area (Å²) in [4.78, 5) is 29.5. The number of amides is 2. The van der Waals surface area contributed by atoms with Crippen LogP contribution in [0, 0.1) is 13.8 Å². The fourth-order valence-corrected chi connectivity index (χ4v) is 6.48. The SMILES string of the molecule is Cc1cc(C)cc(CSCC(=O)N(Cc2cccc(Cl)c2)[C@@H](Cc2ccccc2)C(=O)NC2CCCCC2)c1. The van der Waals surface area contributed by atoms with Gasteiger partial charge in [0.15, 0.2) is 0 Å². The molecule has 1 aliphatic rings. The highest BCUT2D eigenvalue weighted by molar-refractivity contribution is 7.99. The average Bonchev–Trinajstić information content (AvgIpc) is 2.91. The van der Waals surface area contributed by atoms with Gasteiger partial charge >= 0.3 is 0 Å². The third kappa shape index (κ3) is 9.15. The molecule has 0 spiro atoms. The molecule has 1 aliphatic carbocycles. The van der Waals surface area contributed by atoms with E-state index in [2.05, 4.69) is 37.4 Å². The minimum atomic E-state index is -0.609. The zero-order chi connectivity index (χ0) is 27.6. The number of nitrogens with zero attached hydrogens (tertiary/aromatic N) is 1. The maximum absolute atomic E-state index is 13.9. The highest BCUT2D eigenvalue weighted by Crippen LogP contribution is 2.22. The van der Waals surface area contributed by atoms with Crippen molar-refractivity contribution in [2.75, 3.05) is 5.75 Å². The molecule has 0 saturated heterocycles. The summed E-state index contributed by atoms with van der Waals surface area (Å²) in [5.41, 5.74) is 5.61. The second-order valence-electron chi connectivity index (χ2n) is 10.7. The first-order chi connectivity index (χ1) is 18.9. The molecular weight excluding hydrogens is 524 g/mol. The van der Waals surface area contributed by atoms with Crippen LogP contribution in [0.5, 0.6) is 0 Å². The molecule has 4 nitrogen and oxygen atoms in total. The van der Waals surface area contributed by atoms with Crippen LogP contribution in [-0.2, 0) is 28.3 Å². The largest absolute Gasteiger partial charge is 0.352 e. The third-order valence-corrected chi connectivity index (χ3v) is 8.46. The molecule has 0 bridgehead atoms. The number of rotatable bonds is 11. The number of thioether (sulfide) groups is 1. The van der Waals surface area contributed by atoms with Gasteiger partial charge in [-0.3, -0.25) is 9.59 Å². The van der Waals surface area contributed by atoms with Gasteiger partial charge in [0.05, 0.1) is 5.75 Å². The summed E-state index contributed by atoms with van der Waals surface area (Å²) < 4.78 is 0. The van der Waals surface area contributed by atoms with Gasteiger partial charge in [-0.2, -0.15) is 0 Å². The summed E-state index contributed by atoms with van der Waals surface area (Å²) >= 11 is 7.89. The van der Waals surface area contributed by atoms with Gasteiger partial charge in [0, 0.05) is 29.8 Å². The molecule has 206 valence electrons. The van der Waals surface area contributed by atoms with E-state index in [1.165, 1.54) is 23.1 Å². The van der Waals surface area contributed by atoms with Gasteiger partial charge in [0.1, 0.15) is 6.04 Å². The maximum Gasteiger partial charge on any atom is 0.243 e. The molecule has 1 N–H and O–H groups in total. The van der Waals surface area contributed by atoms with Crippen LogP contribution in [0.3, 0.4) is 0 Å². The molecule has 3 aromatic rings. The molecule has 3 aromatic carbocycles. The van der Waals surface area contributed by atoms with Gasteiger partial charge < -0.3 is 10.2 Å². The lowest BCUT2D eigenvalue weighted by Gasteiger charge is -2.33.